The van der Waals surface area contributed by atoms with Crippen LogP contribution in [0.25, 0.3) is 21.7 Å². The van der Waals surface area contributed by atoms with E-state index in [2.05, 4.69) is 0 Å². The Morgan fingerprint density at radius 2 is 1.70 bits per heavy atom. The number of likely N-dealkylation sites (tertiary alicyclic amines) is 1. The third-order valence-electron chi connectivity index (χ3n) is 7.55. The van der Waals surface area contributed by atoms with Crippen molar-refractivity contribution in [1.82, 2.24) is 14.5 Å². The number of pyridine rings is 1. The summed E-state index contributed by atoms with van der Waals surface area (Å²) < 4.78 is 26.7. The minimum absolute atomic E-state index is 0.00860. The van der Waals surface area contributed by atoms with Crippen LogP contribution in [0.3, 0.4) is 0 Å². The molecule has 0 saturated carbocycles. The van der Waals surface area contributed by atoms with Crippen LogP contribution in [0, 0.1) is 5.82 Å². The van der Waals surface area contributed by atoms with Crippen molar-refractivity contribution >= 4 is 27.6 Å². The smallest absolute Gasteiger partial charge is 0.255 e. The Kier molecular flexibility index (Phi) is 6.76. The molecule has 1 fully saturated rings. The number of carbonyl (C=O) groups is 1. The minimum Gasteiger partial charge on any atom is -0.497 e. The molecule has 1 aliphatic rings. The van der Waals surface area contributed by atoms with Crippen LogP contribution in [0.1, 0.15) is 39.9 Å². The molecule has 8 heteroatoms. The Bertz CT molecular complexity index is 1710. The first kappa shape index (κ1) is 25.7. The Hall–Kier alpha value is -4.59. The van der Waals surface area contributed by atoms with Crippen LogP contribution in [-0.2, 0) is 20.1 Å². The molecule has 40 heavy (non-hydrogen) atoms. The molecule has 0 bridgehead atoms. The molecule has 2 aromatic heterocycles. The summed E-state index contributed by atoms with van der Waals surface area (Å²) >= 11 is 0. The average molecular weight is 540 g/mol. The fraction of sp³-hybridized carbons (Fsp3) is 0.250. The van der Waals surface area contributed by atoms with Gasteiger partial charge in [0.2, 0.25) is 5.88 Å². The highest BCUT2D eigenvalue weighted by Crippen LogP contribution is 2.44. The van der Waals surface area contributed by atoms with E-state index in [9.17, 15) is 14.3 Å². The number of aromatic nitrogens is 2. The third kappa shape index (κ3) is 4.70. The molecule has 0 aliphatic carbocycles. The molecule has 3 aromatic carbocycles. The molecule has 5 aromatic rings. The number of fused-ring (bicyclic) bond motifs is 2. The summed E-state index contributed by atoms with van der Waals surface area (Å²) in [7, 11) is 3.36. The number of methoxy groups -OCH3 is 1. The summed E-state index contributed by atoms with van der Waals surface area (Å²) in [5, 5.41) is 12.9. The van der Waals surface area contributed by atoms with E-state index in [1.165, 1.54) is 12.1 Å². The van der Waals surface area contributed by atoms with E-state index in [1.807, 2.05) is 35.2 Å². The molecule has 1 saturated heterocycles. The summed E-state index contributed by atoms with van der Waals surface area (Å²) in [6.45, 7) is 1.62. The largest absolute Gasteiger partial charge is 0.497 e. The van der Waals surface area contributed by atoms with Crippen LogP contribution in [0.15, 0.2) is 67.0 Å². The summed E-state index contributed by atoms with van der Waals surface area (Å²) in [6, 6.07) is 15.9. The first-order valence-corrected chi connectivity index (χ1v) is 13.3. The molecular weight excluding hydrogens is 509 g/mol. The third-order valence-corrected chi connectivity index (χ3v) is 7.55. The predicted molar refractivity (Wildman–Crippen MR) is 152 cm³/mol. The highest BCUT2D eigenvalue weighted by molar-refractivity contribution is 6.21. The number of nitrogens with zero attached hydrogens (tertiary/aromatic N) is 3. The Balaban J connectivity index is 1.52. The number of ether oxygens (including phenoxy) is 2. The minimum atomic E-state index is -0.288. The second-order valence-corrected chi connectivity index (χ2v) is 10.2. The second kappa shape index (κ2) is 10.5. The van der Waals surface area contributed by atoms with E-state index in [0.29, 0.717) is 52.5 Å². The molecular formula is C32H30FN3O4. The summed E-state index contributed by atoms with van der Waals surface area (Å²) in [5.74, 6) is 0.807. The van der Waals surface area contributed by atoms with E-state index in [0.717, 1.165) is 35.3 Å². The second-order valence-electron chi connectivity index (χ2n) is 10.2. The van der Waals surface area contributed by atoms with Crippen molar-refractivity contribution in [3.05, 3.63) is 95.1 Å². The van der Waals surface area contributed by atoms with Gasteiger partial charge >= 0.3 is 0 Å². The lowest BCUT2D eigenvalue weighted by molar-refractivity contribution is 0.0796. The standard InChI is InChI=1S/C32H30FN3O4/c1-35-18-26-27(32(38)36-13-3-4-14-36)25-16-22(15-20-5-9-23(33)10-6-20)17-34-29(25)30(28(26)31(35)37)40-19-21-7-11-24(39-2)12-8-21/h5-12,16-18,37H,3-4,13-15,19H2,1-2H3. The summed E-state index contributed by atoms with van der Waals surface area (Å²) in [6.07, 6.45) is 5.98. The first-order valence-electron chi connectivity index (χ1n) is 13.3. The highest BCUT2D eigenvalue weighted by Gasteiger charge is 2.29. The number of aryl methyl sites for hydroxylation is 1. The Morgan fingerprint density at radius 3 is 2.40 bits per heavy atom. The molecule has 1 aliphatic heterocycles. The molecule has 7 nitrogen and oxygen atoms in total. The van der Waals surface area contributed by atoms with E-state index >= 15 is 0 Å². The lowest BCUT2D eigenvalue weighted by Crippen LogP contribution is -2.28. The van der Waals surface area contributed by atoms with Crippen LogP contribution in [0.2, 0.25) is 0 Å². The molecule has 1 N–H and O–H groups in total. The van der Waals surface area contributed by atoms with Crippen LogP contribution in [0.5, 0.6) is 17.4 Å². The topological polar surface area (TPSA) is 76.8 Å². The van der Waals surface area contributed by atoms with Gasteiger partial charge in [0.1, 0.15) is 23.7 Å². The van der Waals surface area contributed by atoms with E-state index in [-0.39, 0.29) is 24.2 Å². The first-order chi connectivity index (χ1) is 19.4. The lowest BCUT2D eigenvalue weighted by Gasteiger charge is -2.20. The quantitative estimate of drug-likeness (QED) is 0.275. The SMILES string of the molecule is COc1ccc(COc2c3ncc(Cc4ccc(F)cc4)cc3c(C(=O)N3CCCC3)c3cn(C)c(O)c23)cc1. The van der Waals surface area contributed by atoms with Gasteiger partial charge in [-0.25, -0.2) is 4.39 Å². The van der Waals surface area contributed by atoms with Crippen molar-refractivity contribution in [2.75, 3.05) is 20.2 Å². The molecule has 0 radical (unpaired) electrons. The van der Waals surface area contributed by atoms with Gasteiger partial charge in [0.15, 0.2) is 5.75 Å². The molecule has 3 heterocycles. The zero-order valence-corrected chi connectivity index (χ0v) is 22.5. The van der Waals surface area contributed by atoms with E-state index in [1.54, 1.807) is 43.3 Å². The van der Waals surface area contributed by atoms with Crippen LogP contribution in [-0.4, -0.2) is 45.7 Å². The van der Waals surface area contributed by atoms with Gasteiger partial charge in [-0.1, -0.05) is 24.3 Å². The summed E-state index contributed by atoms with van der Waals surface area (Å²) in [5.41, 5.74) is 3.75. The van der Waals surface area contributed by atoms with Gasteiger partial charge in [-0.3, -0.25) is 9.78 Å². The van der Waals surface area contributed by atoms with E-state index < -0.39 is 0 Å². The van der Waals surface area contributed by atoms with Crippen molar-refractivity contribution in [2.24, 2.45) is 7.05 Å². The number of rotatable bonds is 7. The summed E-state index contributed by atoms with van der Waals surface area (Å²) in [4.78, 5) is 20.6. The van der Waals surface area contributed by atoms with Crippen molar-refractivity contribution in [1.29, 1.82) is 0 Å². The maximum Gasteiger partial charge on any atom is 0.255 e. The van der Waals surface area contributed by atoms with E-state index in [4.69, 9.17) is 14.5 Å². The maximum atomic E-state index is 14.0. The molecule has 6 rings (SSSR count). The molecule has 0 unspecified atom stereocenters. The Morgan fingerprint density at radius 1 is 1.00 bits per heavy atom. The van der Waals surface area contributed by atoms with Crippen LogP contribution >= 0.6 is 0 Å². The molecule has 0 atom stereocenters. The highest BCUT2D eigenvalue weighted by atomic mass is 19.1. The number of aromatic hydroxyl groups is 1. The lowest BCUT2D eigenvalue weighted by atomic mass is 9.97. The van der Waals surface area contributed by atoms with Gasteiger partial charge in [-0.2, -0.15) is 0 Å². The monoisotopic (exact) mass is 539 g/mol. The fourth-order valence-corrected chi connectivity index (χ4v) is 5.43. The number of halogens is 1. The number of hydrogen-bond acceptors (Lipinski definition) is 5. The van der Waals surface area contributed by atoms with Crippen LogP contribution < -0.4 is 9.47 Å². The number of hydrogen-bond donors (Lipinski definition) is 1. The maximum absolute atomic E-state index is 14.0. The van der Waals surface area contributed by atoms with Crippen LogP contribution in [0.4, 0.5) is 4.39 Å². The zero-order valence-electron chi connectivity index (χ0n) is 22.5. The number of benzene rings is 3. The van der Waals surface area contributed by atoms with Crippen molar-refractivity contribution in [2.45, 2.75) is 25.9 Å². The normalized spacial score (nSPS) is 13.3. The molecule has 204 valence electrons. The fourth-order valence-electron chi connectivity index (χ4n) is 5.43. The predicted octanol–water partition coefficient (Wildman–Crippen LogP) is 5.99. The zero-order chi connectivity index (χ0) is 27.8. The number of amides is 1. The van der Waals surface area contributed by atoms with Gasteiger partial charge in [0.05, 0.1) is 18.1 Å². The average Bonchev–Trinajstić information content (AvgIpc) is 3.61. The van der Waals surface area contributed by atoms with Gasteiger partial charge < -0.3 is 24.0 Å². The van der Waals surface area contributed by atoms with Gasteiger partial charge in [-0.15, -0.1) is 0 Å². The van der Waals surface area contributed by atoms with Crippen molar-refractivity contribution in [3.63, 3.8) is 0 Å². The Labute approximate surface area is 231 Å². The van der Waals surface area contributed by atoms with Gasteiger partial charge in [0, 0.05) is 43.3 Å². The molecule has 0 spiro atoms. The van der Waals surface area contributed by atoms with Crippen molar-refractivity contribution in [3.8, 4) is 17.4 Å². The number of carbonyl (C=O) groups excluding carboxylic acids is 1. The molecule has 1 amide bonds. The van der Waals surface area contributed by atoms with Gasteiger partial charge in [-0.05, 0) is 66.3 Å². The van der Waals surface area contributed by atoms with Crippen molar-refractivity contribution < 1.29 is 23.8 Å². The van der Waals surface area contributed by atoms with Gasteiger partial charge in [0.25, 0.3) is 5.91 Å².